The topological polar surface area (TPSA) is 41.3 Å². The van der Waals surface area contributed by atoms with Crippen LogP contribution in [-0.4, -0.2) is 30.7 Å². The van der Waals surface area contributed by atoms with Crippen molar-refractivity contribution in [3.8, 4) is 0 Å². The van der Waals surface area contributed by atoms with Crippen LogP contribution in [0.15, 0.2) is 0 Å². The summed E-state index contributed by atoms with van der Waals surface area (Å²) in [5.41, 5.74) is 8.73. The fourth-order valence-corrected chi connectivity index (χ4v) is 1.36. The van der Waals surface area contributed by atoms with Crippen molar-refractivity contribution >= 4 is 0 Å². The third-order valence-corrected chi connectivity index (χ3v) is 2.04. The molecule has 3 nitrogen and oxygen atoms in total. The zero-order valence-electron chi connectivity index (χ0n) is 8.64. The second-order valence-corrected chi connectivity index (χ2v) is 3.12. The molecule has 74 valence electrons. The third-order valence-electron chi connectivity index (χ3n) is 2.04. The molecular formula is C9H23N3. The Bertz CT molecular complexity index is 95.8. The van der Waals surface area contributed by atoms with Crippen LogP contribution in [0.2, 0.25) is 0 Å². The van der Waals surface area contributed by atoms with Crippen LogP contribution in [0.4, 0.5) is 0 Å². The van der Waals surface area contributed by atoms with Crippen molar-refractivity contribution in [1.29, 1.82) is 0 Å². The van der Waals surface area contributed by atoms with Crippen LogP contribution in [0.3, 0.4) is 0 Å². The second kappa shape index (κ2) is 7.53. The van der Waals surface area contributed by atoms with E-state index >= 15 is 0 Å². The van der Waals surface area contributed by atoms with Crippen LogP contribution in [0, 0.1) is 0 Å². The summed E-state index contributed by atoms with van der Waals surface area (Å²) >= 11 is 0. The largest absolute Gasteiger partial charge is 0.329 e. The summed E-state index contributed by atoms with van der Waals surface area (Å²) in [5.74, 6) is 0. The standard InChI is InChI=1S/C9H23N3/c1-4-6-9(3)12(5-2)11-8-7-10/h9,11H,4-8,10H2,1-3H3. The SMILES string of the molecule is CCCC(C)N(CC)NCCN. The first kappa shape index (κ1) is 11.9. The molecule has 0 aromatic rings. The predicted octanol–water partition coefficient (Wildman–Crippen LogP) is 0.960. The molecule has 0 rings (SSSR count). The first-order valence-electron chi connectivity index (χ1n) is 4.96. The number of rotatable bonds is 7. The number of hydrazine groups is 1. The highest BCUT2D eigenvalue weighted by molar-refractivity contribution is 4.61. The molecule has 12 heavy (non-hydrogen) atoms. The molecule has 0 aliphatic rings. The molecule has 0 aromatic heterocycles. The van der Waals surface area contributed by atoms with E-state index in [4.69, 9.17) is 5.73 Å². The van der Waals surface area contributed by atoms with Gasteiger partial charge in [-0.1, -0.05) is 20.3 Å². The number of nitrogens with zero attached hydrogens (tertiary/aromatic N) is 1. The Morgan fingerprint density at radius 1 is 1.42 bits per heavy atom. The van der Waals surface area contributed by atoms with Crippen LogP contribution in [0.25, 0.3) is 0 Å². The monoisotopic (exact) mass is 173 g/mol. The third kappa shape index (κ3) is 4.70. The molecule has 3 N–H and O–H groups in total. The molecule has 3 heteroatoms. The molecule has 0 spiro atoms. The van der Waals surface area contributed by atoms with Gasteiger partial charge < -0.3 is 5.73 Å². The quantitative estimate of drug-likeness (QED) is 0.563. The maximum absolute atomic E-state index is 5.42. The van der Waals surface area contributed by atoms with Gasteiger partial charge in [-0.15, -0.1) is 0 Å². The summed E-state index contributed by atoms with van der Waals surface area (Å²) in [6.45, 7) is 9.25. The summed E-state index contributed by atoms with van der Waals surface area (Å²) in [4.78, 5) is 0. The van der Waals surface area contributed by atoms with Crippen molar-refractivity contribution in [2.75, 3.05) is 19.6 Å². The first-order chi connectivity index (χ1) is 5.76. The molecule has 0 heterocycles. The first-order valence-corrected chi connectivity index (χ1v) is 4.96. The van der Waals surface area contributed by atoms with E-state index in [1.807, 2.05) is 0 Å². The van der Waals surface area contributed by atoms with Gasteiger partial charge in [-0.3, -0.25) is 5.43 Å². The van der Waals surface area contributed by atoms with Gasteiger partial charge >= 0.3 is 0 Å². The molecule has 0 bridgehead atoms. The molecule has 0 saturated carbocycles. The molecule has 0 aliphatic carbocycles. The molecule has 1 atom stereocenters. The van der Waals surface area contributed by atoms with Crippen molar-refractivity contribution in [3.05, 3.63) is 0 Å². The Morgan fingerprint density at radius 3 is 2.50 bits per heavy atom. The Morgan fingerprint density at radius 2 is 2.08 bits per heavy atom. The Balaban J connectivity index is 3.62. The normalized spacial score (nSPS) is 13.8. The van der Waals surface area contributed by atoms with E-state index < -0.39 is 0 Å². The molecule has 0 aromatic carbocycles. The molecule has 0 saturated heterocycles. The zero-order chi connectivity index (χ0) is 9.40. The number of nitrogens with one attached hydrogen (secondary N) is 1. The lowest BCUT2D eigenvalue weighted by atomic mass is 10.2. The van der Waals surface area contributed by atoms with Gasteiger partial charge in [0.25, 0.3) is 0 Å². The highest BCUT2D eigenvalue weighted by Crippen LogP contribution is 2.02. The number of hydrogen-bond donors (Lipinski definition) is 2. The minimum absolute atomic E-state index is 0.617. The molecule has 1 unspecified atom stereocenters. The Labute approximate surface area is 76.3 Å². The molecule has 0 aliphatic heterocycles. The summed E-state index contributed by atoms with van der Waals surface area (Å²) < 4.78 is 0. The van der Waals surface area contributed by atoms with Crippen LogP contribution < -0.4 is 11.2 Å². The lowest BCUT2D eigenvalue weighted by Crippen LogP contribution is -2.46. The van der Waals surface area contributed by atoms with Crippen LogP contribution in [-0.2, 0) is 0 Å². The molecule has 0 fully saturated rings. The minimum atomic E-state index is 0.617. The average Bonchev–Trinajstić information content (AvgIpc) is 2.06. The second-order valence-electron chi connectivity index (χ2n) is 3.12. The summed E-state index contributed by atoms with van der Waals surface area (Å²) in [6, 6.07) is 0.617. The van der Waals surface area contributed by atoms with Crippen molar-refractivity contribution in [1.82, 2.24) is 10.4 Å². The van der Waals surface area contributed by atoms with Gasteiger partial charge in [0.05, 0.1) is 0 Å². The van der Waals surface area contributed by atoms with Crippen LogP contribution in [0.5, 0.6) is 0 Å². The van der Waals surface area contributed by atoms with Crippen LogP contribution >= 0.6 is 0 Å². The van der Waals surface area contributed by atoms with Crippen molar-refractivity contribution in [2.24, 2.45) is 5.73 Å². The fourth-order valence-electron chi connectivity index (χ4n) is 1.36. The van der Waals surface area contributed by atoms with E-state index in [0.717, 1.165) is 13.1 Å². The maximum atomic E-state index is 5.42. The van der Waals surface area contributed by atoms with Gasteiger partial charge in [0.1, 0.15) is 0 Å². The summed E-state index contributed by atoms with van der Waals surface area (Å²) in [7, 11) is 0. The van der Waals surface area contributed by atoms with E-state index in [1.54, 1.807) is 0 Å². The van der Waals surface area contributed by atoms with Gasteiger partial charge in [0, 0.05) is 25.7 Å². The Kier molecular flexibility index (Phi) is 7.45. The molecule has 0 radical (unpaired) electrons. The highest BCUT2D eigenvalue weighted by atomic mass is 15.5. The van der Waals surface area contributed by atoms with E-state index in [0.29, 0.717) is 12.6 Å². The summed E-state index contributed by atoms with van der Waals surface area (Å²) in [6.07, 6.45) is 2.48. The highest BCUT2D eigenvalue weighted by Gasteiger charge is 2.08. The van der Waals surface area contributed by atoms with E-state index in [2.05, 4.69) is 31.2 Å². The molecule has 0 amide bonds. The van der Waals surface area contributed by atoms with E-state index in [-0.39, 0.29) is 0 Å². The van der Waals surface area contributed by atoms with Gasteiger partial charge in [0.15, 0.2) is 0 Å². The number of hydrogen-bond acceptors (Lipinski definition) is 3. The van der Waals surface area contributed by atoms with Gasteiger partial charge in [-0.25, -0.2) is 5.01 Å². The Hall–Kier alpha value is -0.120. The van der Waals surface area contributed by atoms with Crippen molar-refractivity contribution < 1.29 is 0 Å². The lowest BCUT2D eigenvalue weighted by Gasteiger charge is -2.28. The summed E-state index contributed by atoms with van der Waals surface area (Å²) in [5, 5.41) is 2.26. The van der Waals surface area contributed by atoms with Gasteiger partial charge in [-0.05, 0) is 13.3 Å². The average molecular weight is 173 g/mol. The smallest absolute Gasteiger partial charge is 0.0225 e. The molecular weight excluding hydrogens is 150 g/mol. The van der Waals surface area contributed by atoms with E-state index in [1.165, 1.54) is 12.8 Å². The van der Waals surface area contributed by atoms with E-state index in [9.17, 15) is 0 Å². The maximum Gasteiger partial charge on any atom is 0.0225 e. The van der Waals surface area contributed by atoms with Crippen LogP contribution in [0.1, 0.15) is 33.6 Å². The van der Waals surface area contributed by atoms with Gasteiger partial charge in [0.2, 0.25) is 0 Å². The predicted molar refractivity (Wildman–Crippen MR) is 53.8 cm³/mol. The zero-order valence-corrected chi connectivity index (χ0v) is 8.64. The lowest BCUT2D eigenvalue weighted by molar-refractivity contribution is 0.137. The van der Waals surface area contributed by atoms with Crippen molar-refractivity contribution in [2.45, 2.75) is 39.7 Å². The van der Waals surface area contributed by atoms with Crippen molar-refractivity contribution in [3.63, 3.8) is 0 Å². The number of nitrogens with two attached hydrogens (primary N) is 1. The minimum Gasteiger partial charge on any atom is -0.329 e. The van der Waals surface area contributed by atoms with Gasteiger partial charge in [-0.2, -0.15) is 0 Å². The fraction of sp³-hybridized carbons (Fsp3) is 1.00.